The maximum atomic E-state index is 11.7. The van der Waals surface area contributed by atoms with Gasteiger partial charge in [0.25, 0.3) is 0 Å². The van der Waals surface area contributed by atoms with Crippen LogP contribution >= 0.6 is 0 Å². The van der Waals surface area contributed by atoms with Gasteiger partial charge in [0.05, 0.1) is 4.90 Å². The summed E-state index contributed by atoms with van der Waals surface area (Å²) in [5.41, 5.74) is 0.951. The highest BCUT2D eigenvalue weighted by atomic mass is 32.2. The maximum absolute atomic E-state index is 11.7. The van der Waals surface area contributed by atoms with E-state index in [1.165, 1.54) is 0 Å². The summed E-state index contributed by atoms with van der Waals surface area (Å²) in [5, 5.41) is 0. The van der Waals surface area contributed by atoms with Gasteiger partial charge in [0.1, 0.15) is 0 Å². The van der Waals surface area contributed by atoms with E-state index in [1.807, 2.05) is 48.5 Å². The van der Waals surface area contributed by atoms with Gasteiger partial charge in [0.15, 0.2) is 11.0 Å². The van der Waals surface area contributed by atoms with Gasteiger partial charge in [-0.1, -0.05) is 48.5 Å². The molecular formula is C13H11NOS. The highest BCUT2D eigenvalue weighted by Gasteiger charge is 1.98. The molecule has 0 aliphatic heterocycles. The van der Waals surface area contributed by atoms with Crippen molar-refractivity contribution in [1.82, 2.24) is 0 Å². The van der Waals surface area contributed by atoms with Crippen molar-refractivity contribution in [3.05, 3.63) is 66.2 Å². The molecule has 0 spiro atoms. The van der Waals surface area contributed by atoms with Crippen LogP contribution in [0.3, 0.4) is 0 Å². The molecule has 2 nitrogen and oxygen atoms in total. The Morgan fingerprint density at radius 1 is 0.875 bits per heavy atom. The first-order valence-corrected chi connectivity index (χ1v) is 6.03. The molecule has 2 aromatic carbocycles. The molecule has 0 unspecified atom stereocenters. The van der Waals surface area contributed by atoms with Gasteiger partial charge >= 0.3 is 0 Å². The quantitative estimate of drug-likeness (QED) is 0.744. The molecule has 1 atom stereocenters. The molecule has 0 aliphatic carbocycles. The third-order valence-electron chi connectivity index (χ3n) is 2.04. The van der Waals surface area contributed by atoms with Crippen molar-refractivity contribution < 1.29 is 4.21 Å². The summed E-state index contributed by atoms with van der Waals surface area (Å²) in [7, 11) is -1.31. The maximum Gasteiger partial charge on any atom is 0.172 e. The zero-order valence-electron chi connectivity index (χ0n) is 8.61. The fourth-order valence-electron chi connectivity index (χ4n) is 1.25. The van der Waals surface area contributed by atoms with E-state index in [2.05, 4.69) is 4.40 Å². The SMILES string of the molecule is O=[S@@](/N=C/c1ccccc1)c1ccccc1. The predicted molar refractivity (Wildman–Crippen MR) is 66.9 cm³/mol. The lowest BCUT2D eigenvalue weighted by atomic mass is 10.2. The zero-order valence-corrected chi connectivity index (χ0v) is 9.43. The normalized spacial score (nSPS) is 12.8. The molecule has 0 N–H and O–H groups in total. The van der Waals surface area contributed by atoms with Crippen LogP contribution in [0.2, 0.25) is 0 Å². The van der Waals surface area contributed by atoms with Gasteiger partial charge < -0.3 is 0 Å². The minimum Gasteiger partial charge on any atom is -0.229 e. The topological polar surface area (TPSA) is 29.4 Å². The molecule has 0 fully saturated rings. The third-order valence-corrected chi connectivity index (χ3v) is 3.01. The molecule has 0 heterocycles. The molecule has 0 saturated carbocycles. The molecule has 0 aromatic heterocycles. The average molecular weight is 229 g/mol. The predicted octanol–water partition coefficient (Wildman–Crippen LogP) is 2.83. The van der Waals surface area contributed by atoms with Gasteiger partial charge in [-0.2, -0.15) is 4.40 Å². The molecule has 0 radical (unpaired) electrons. The van der Waals surface area contributed by atoms with Crippen molar-refractivity contribution in [2.24, 2.45) is 4.40 Å². The van der Waals surface area contributed by atoms with Crippen molar-refractivity contribution in [1.29, 1.82) is 0 Å². The van der Waals surface area contributed by atoms with Crippen molar-refractivity contribution >= 4 is 17.2 Å². The molecular weight excluding hydrogens is 218 g/mol. The van der Waals surface area contributed by atoms with E-state index in [0.29, 0.717) is 0 Å². The summed E-state index contributed by atoms with van der Waals surface area (Å²) in [6.45, 7) is 0. The first kappa shape index (κ1) is 10.8. The van der Waals surface area contributed by atoms with Crippen molar-refractivity contribution in [2.45, 2.75) is 4.90 Å². The Morgan fingerprint density at radius 3 is 2.06 bits per heavy atom. The Morgan fingerprint density at radius 2 is 1.44 bits per heavy atom. The van der Waals surface area contributed by atoms with Crippen molar-refractivity contribution in [3.8, 4) is 0 Å². The molecule has 2 rings (SSSR count). The number of rotatable bonds is 3. The van der Waals surface area contributed by atoms with Gasteiger partial charge in [0, 0.05) is 6.21 Å². The van der Waals surface area contributed by atoms with E-state index in [0.717, 1.165) is 10.5 Å². The largest absolute Gasteiger partial charge is 0.229 e. The third kappa shape index (κ3) is 2.87. The molecule has 80 valence electrons. The van der Waals surface area contributed by atoms with E-state index >= 15 is 0 Å². The van der Waals surface area contributed by atoms with Crippen LogP contribution in [-0.4, -0.2) is 10.4 Å². The lowest BCUT2D eigenvalue weighted by Crippen LogP contribution is -1.88. The second-order valence-electron chi connectivity index (χ2n) is 3.21. The summed E-state index contributed by atoms with van der Waals surface area (Å²) in [5.74, 6) is 0. The Labute approximate surface area is 97.3 Å². The van der Waals surface area contributed by atoms with Crippen LogP contribution in [0.1, 0.15) is 5.56 Å². The van der Waals surface area contributed by atoms with Gasteiger partial charge in [-0.25, -0.2) is 4.21 Å². The standard InChI is InChI=1S/C13H11NOS/c15-16(13-9-5-2-6-10-13)14-11-12-7-3-1-4-8-12/h1-11H/b14-11+/t16-/m1/s1. The van der Waals surface area contributed by atoms with Gasteiger partial charge in [-0.05, 0) is 17.7 Å². The molecule has 0 saturated heterocycles. The average Bonchev–Trinajstić information content (AvgIpc) is 2.38. The van der Waals surface area contributed by atoms with Crippen LogP contribution in [-0.2, 0) is 11.0 Å². The Bertz CT molecular complexity index is 494. The second-order valence-corrected chi connectivity index (χ2v) is 4.39. The Hall–Kier alpha value is -1.74. The molecule has 0 amide bonds. The zero-order chi connectivity index (χ0) is 11.2. The lowest BCUT2D eigenvalue weighted by Gasteiger charge is -1.94. The van der Waals surface area contributed by atoms with E-state index in [1.54, 1.807) is 18.3 Å². The van der Waals surface area contributed by atoms with Gasteiger partial charge in [-0.3, -0.25) is 0 Å². The summed E-state index contributed by atoms with van der Waals surface area (Å²) < 4.78 is 15.7. The number of hydrogen-bond acceptors (Lipinski definition) is 1. The fourth-order valence-corrected chi connectivity index (χ4v) is 1.97. The minimum atomic E-state index is -1.31. The number of hydrogen-bond donors (Lipinski definition) is 0. The van der Waals surface area contributed by atoms with Crippen LogP contribution in [0.5, 0.6) is 0 Å². The van der Waals surface area contributed by atoms with E-state index in [4.69, 9.17) is 0 Å². The van der Waals surface area contributed by atoms with Crippen LogP contribution in [0, 0.1) is 0 Å². The minimum absolute atomic E-state index is 0.717. The molecule has 3 heteroatoms. The second kappa shape index (κ2) is 5.37. The summed E-state index contributed by atoms with van der Waals surface area (Å²) in [6.07, 6.45) is 1.63. The summed E-state index contributed by atoms with van der Waals surface area (Å²) in [6, 6.07) is 18.8. The summed E-state index contributed by atoms with van der Waals surface area (Å²) in [4.78, 5) is 0.717. The Kier molecular flexibility index (Phi) is 3.62. The van der Waals surface area contributed by atoms with Gasteiger partial charge in [0.2, 0.25) is 0 Å². The monoisotopic (exact) mass is 229 g/mol. The van der Waals surface area contributed by atoms with E-state index in [-0.39, 0.29) is 0 Å². The summed E-state index contributed by atoms with van der Waals surface area (Å²) >= 11 is 0. The molecule has 2 aromatic rings. The highest BCUT2D eigenvalue weighted by Crippen LogP contribution is 2.06. The van der Waals surface area contributed by atoms with E-state index < -0.39 is 11.0 Å². The smallest absolute Gasteiger partial charge is 0.172 e. The van der Waals surface area contributed by atoms with Gasteiger partial charge in [-0.15, -0.1) is 0 Å². The molecule has 16 heavy (non-hydrogen) atoms. The van der Waals surface area contributed by atoms with E-state index in [9.17, 15) is 4.21 Å². The lowest BCUT2D eigenvalue weighted by molar-refractivity contribution is 0.684. The van der Waals surface area contributed by atoms with Crippen molar-refractivity contribution in [2.75, 3.05) is 0 Å². The molecule has 0 bridgehead atoms. The van der Waals surface area contributed by atoms with Crippen LogP contribution < -0.4 is 0 Å². The number of nitrogens with zero attached hydrogens (tertiary/aromatic N) is 1. The van der Waals surface area contributed by atoms with Crippen LogP contribution in [0.25, 0.3) is 0 Å². The van der Waals surface area contributed by atoms with Crippen LogP contribution in [0.4, 0.5) is 0 Å². The first-order chi connectivity index (χ1) is 7.86. The molecule has 0 aliphatic rings. The first-order valence-electron chi connectivity index (χ1n) is 4.92. The Balaban J connectivity index is 2.12. The fraction of sp³-hybridized carbons (Fsp3) is 0. The highest BCUT2D eigenvalue weighted by molar-refractivity contribution is 7.83. The van der Waals surface area contributed by atoms with Crippen molar-refractivity contribution in [3.63, 3.8) is 0 Å². The number of benzene rings is 2. The van der Waals surface area contributed by atoms with Crippen LogP contribution in [0.15, 0.2) is 70.0 Å².